The number of halogens is 3. The summed E-state index contributed by atoms with van der Waals surface area (Å²) in [6.07, 6.45) is 2.31. The third-order valence-electron chi connectivity index (χ3n) is 6.00. The number of rotatable bonds is 8. The van der Waals surface area contributed by atoms with E-state index in [1.54, 1.807) is 43.4 Å². The quantitative estimate of drug-likeness (QED) is 0.116. The van der Waals surface area contributed by atoms with E-state index in [1.165, 1.54) is 0 Å². The standard InChI is InChI=1S/C30H30F2INO3/c1-30(2,3)37-29(35)24(34-27(19-11-6-4-7-12-19)20-13-8-5-9-14-20)18-21-17-23(31)26(33)28(25(21)32)36-22-15-10-16-22/h4-9,11-14,17,22,24H,10,15-16,18H2,1-3H3/t24-/m1/s1. The van der Waals surface area contributed by atoms with Crippen LogP contribution in [0.15, 0.2) is 71.7 Å². The van der Waals surface area contributed by atoms with Crippen LogP contribution >= 0.6 is 22.6 Å². The van der Waals surface area contributed by atoms with Gasteiger partial charge < -0.3 is 9.47 Å². The Balaban J connectivity index is 1.79. The lowest BCUT2D eigenvalue weighted by molar-refractivity contribution is -0.156. The van der Waals surface area contributed by atoms with Gasteiger partial charge in [0.1, 0.15) is 11.4 Å². The van der Waals surface area contributed by atoms with Crippen molar-refractivity contribution in [2.24, 2.45) is 4.99 Å². The van der Waals surface area contributed by atoms with Gasteiger partial charge in [0.05, 0.1) is 15.4 Å². The topological polar surface area (TPSA) is 47.9 Å². The molecule has 0 saturated heterocycles. The largest absolute Gasteiger partial charge is 0.486 e. The summed E-state index contributed by atoms with van der Waals surface area (Å²) in [4.78, 5) is 18.2. The Labute approximate surface area is 230 Å². The molecule has 0 bridgehead atoms. The van der Waals surface area contributed by atoms with Crippen molar-refractivity contribution in [2.45, 2.75) is 64.2 Å². The Morgan fingerprint density at radius 2 is 1.59 bits per heavy atom. The number of hydrogen-bond acceptors (Lipinski definition) is 4. The van der Waals surface area contributed by atoms with Gasteiger partial charge in [-0.2, -0.15) is 0 Å². The van der Waals surface area contributed by atoms with Crippen molar-refractivity contribution in [3.63, 3.8) is 0 Å². The van der Waals surface area contributed by atoms with Crippen LogP contribution in [-0.2, 0) is 16.0 Å². The van der Waals surface area contributed by atoms with Crippen LogP contribution in [0.4, 0.5) is 8.78 Å². The highest BCUT2D eigenvalue weighted by Crippen LogP contribution is 2.35. The predicted octanol–water partition coefficient (Wildman–Crippen LogP) is 7.29. The van der Waals surface area contributed by atoms with Crippen LogP contribution in [0.5, 0.6) is 5.75 Å². The van der Waals surface area contributed by atoms with Crippen LogP contribution in [-0.4, -0.2) is 29.4 Å². The first-order valence-corrected chi connectivity index (χ1v) is 13.4. The van der Waals surface area contributed by atoms with Crippen molar-refractivity contribution in [3.8, 4) is 5.75 Å². The van der Waals surface area contributed by atoms with Gasteiger partial charge in [0, 0.05) is 17.5 Å². The maximum Gasteiger partial charge on any atom is 0.331 e. The number of carbonyl (C=O) groups is 1. The zero-order chi connectivity index (χ0) is 26.6. The van der Waals surface area contributed by atoms with E-state index in [9.17, 15) is 9.18 Å². The first-order chi connectivity index (χ1) is 17.6. The van der Waals surface area contributed by atoms with Crippen LogP contribution in [0, 0.1) is 15.2 Å². The number of carbonyl (C=O) groups excluding carboxylic acids is 1. The van der Waals surface area contributed by atoms with E-state index in [4.69, 9.17) is 14.5 Å². The van der Waals surface area contributed by atoms with Gasteiger partial charge in [-0.25, -0.2) is 13.6 Å². The average molecular weight is 617 g/mol. The molecule has 1 aliphatic rings. The van der Waals surface area contributed by atoms with Crippen molar-refractivity contribution in [1.82, 2.24) is 0 Å². The third-order valence-corrected chi connectivity index (χ3v) is 7.00. The summed E-state index contributed by atoms with van der Waals surface area (Å²) in [5.41, 5.74) is 1.40. The lowest BCUT2D eigenvalue weighted by atomic mass is 9.96. The number of nitrogens with zero attached hydrogens (tertiary/aromatic N) is 1. The molecule has 0 unspecified atom stereocenters. The first kappa shape index (κ1) is 27.2. The van der Waals surface area contributed by atoms with E-state index in [2.05, 4.69) is 0 Å². The van der Waals surface area contributed by atoms with E-state index in [0.29, 0.717) is 5.71 Å². The SMILES string of the molecule is CC(C)(C)OC(=O)[C@@H](Cc1cc(F)c(I)c(OC2CCC2)c1F)N=C(c1ccccc1)c1ccccc1. The molecule has 7 heteroatoms. The molecule has 1 fully saturated rings. The second kappa shape index (κ2) is 11.7. The molecule has 194 valence electrons. The normalized spacial score (nSPS) is 14.4. The van der Waals surface area contributed by atoms with Crippen LogP contribution in [0.1, 0.15) is 56.7 Å². The monoisotopic (exact) mass is 617 g/mol. The maximum absolute atomic E-state index is 15.7. The predicted molar refractivity (Wildman–Crippen MR) is 149 cm³/mol. The molecule has 0 amide bonds. The van der Waals surface area contributed by atoms with Crippen molar-refractivity contribution in [1.29, 1.82) is 0 Å². The molecule has 4 rings (SSSR count). The molecule has 3 aromatic carbocycles. The molecule has 0 aliphatic heterocycles. The van der Waals surface area contributed by atoms with Gasteiger partial charge in [0.25, 0.3) is 0 Å². The summed E-state index contributed by atoms with van der Waals surface area (Å²) < 4.78 is 42.1. The second-order valence-corrected chi connectivity index (χ2v) is 11.2. The highest BCUT2D eigenvalue weighted by Gasteiger charge is 2.30. The molecule has 0 spiro atoms. The number of ether oxygens (including phenoxy) is 2. The smallest absolute Gasteiger partial charge is 0.331 e. The Hall–Kier alpha value is -2.81. The van der Waals surface area contributed by atoms with Gasteiger partial charge in [-0.05, 0) is 74.3 Å². The molecule has 1 saturated carbocycles. The van der Waals surface area contributed by atoms with Gasteiger partial charge in [-0.1, -0.05) is 60.7 Å². The lowest BCUT2D eigenvalue weighted by Gasteiger charge is -2.28. The number of esters is 1. The molecular weight excluding hydrogens is 587 g/mol. The van der Waals surface area contributed by atoms with Crippen molar-refractivity contribution in [3.05, 3.63) is 98.6 Å². The summed E-state index contributed by atoms with van der Waals surface area (Å²) in [6, 6.07) is 18.9. The van der Waals surface area contributed by atoms with E-state index in [-0.39, 0.29) is 27.4 Å². The number of benzene rings is 3. The summed E-state index contributed by atoms with van der Waals surface area (Å²) in [6.45, 7) is 5.28. The fourth-order valence-electron chi connectivity index (χ4n) is 3.96. The summed E-state index contributed by atoms with van der Waals surface area (Å²) >= 11 is 1.76. The molecule has 37 heavy (non-hydrogen) atoms. The minimum atomic E-state index is -1.11. The van der Waals surface area contributed by atoms with Crippen molar-refractivity contribution >= 4 is 34.3 Å². The molecule has 1 aliphatic carbocycles. The average Bonchev–Trinajstić information content (AvgIpc) is 2.83. The first-order valence-electron chi connectivity index (χ1n) is 12.4. The second-order valence-electron chi connectivity index (χ2n) is 10.1. The van der Waals surface area contributed by atoms with Crippen molar-refractivity contribution in [2.75, 3.05) is 0 Å². The fourth-order valence-corrected chi connectivity index (χ4v) is 4.48. The van der Waals surface area contributed by atoms with Gasteiger partial charge in [-0.3, -0.25) is 4.99 Å². The van der Waals surface area contributed by atoms with Crippen LogP contribution < -0.4 is 4.74 Å². The van der Waals surface area contributed by atoms with Crippen LogP contribution in [0.25, 0.3) is 0 Å². The maximum atomic E-state index is 15.7. The van der Waals surface area contributed by atoms with E-state index < -0.39 is 29.2 Å². The van der Waals surface area contributed by atoms with E-state index in [0.717, 1.165) is 36.5 Å². The lowest BCUT2D eigenvalue weighted by Crippen LogP contribution is -2.33. The number of aliphatic imine (C=N–C) groups is 1. The summed E-state index contributed by atoms with van der Waals surface area (Å²) in [5, 5.41) is 0. The Bertz CT molecular complexity index is 1230. The summed E-state index contributed by atoms with van der Waals surface area (Å²) in [7, 11) is 0. The zero-order valence-corrected chi connectivity index (χ0v) is 23.3. The minimum absolute atomic E-state index is 0.0207. The zero-order valence-electron chi connectivity index (χ0n) is 21.1. The number of hydrogen-bond donors (Lipinski definition) is 0. The van der Waals surface area contributed by atoms with Crippen LogP contribution in [0.3, 0.4) is 0 Å². The van der Waals surface area contributed by atoms with Crippen molar-refractivity contribution < 1.29 is 23.0 Å². The Kier molecular flexibility index (Phi) is 8.62. The third kappa shape index (κ3) is 6.94. The van der Waals surface area contributed by atoms with Gasteiger partial charge in [0.2, 0.25) is 0 Å². The molecule has 0 radical (unpaired) electrons. The molecule has 0 aromatic heterocycles. The van der Waals surface area contributed by atoms with Gasteiger partial charge in [-0.15, -0.1) is 0 Å². The summed E-state index contributed by atoms with van der Waals surface area (Å²) in [5.74, 6) is -1.97. The van der Waals surface area contributed by atoms with Crippen LogP contribution in [0.2, 0.25) is 0 Å². The van der Waals surface area contributed by atoms with E-state index >= 15 is 4.39 Å². The Morgan fingerprint density at radius 1 is 1.03 bits per heavy atom. The minimum Gasteiger partial charge on any atom is -0.486 e. The molecule has 0 heterocycles. The highest BCUT2D eigenvalue weighted by molar-refractivity contribution is 14.1. The molecular formula is C30H30F2INO3. The fraction of sp³-hybridized carbons (Fsp3) is 0.333. The van der Waals surface area contributed by atoms with Gasteiger partial charge in [0.15, 0.2) is 17.6 Å². The molecule has 0 N–H and O–H groups in total. The molecule has 3 aromatic rings. The van der Waals surface area contributed by atoms with E-state index in [1.807, 2.05) is 60.7 Å². The highest BCUT2D eigenvalue weighted by atomic mass is 127. The Morgan fingerprint density at radius 3 is 2.08 bits per heavy atom. The van der Waals surface area contributed by atoms with Gasteiger partial charge >= 0.3 is 5.97 Å². The molecule has 1 atom stereocenters. The molecule has 4 nitrogen and oxygen atoms in total.